The fraction of sp³-hybridized carbons (Fsp3) is 0.615. The first-order chi connectivity index (χ1) is 9.46. The lowest BCUT2D eigenvalue weighted by Gasteiger charge is -2.20. The molecule has 1 saturated carbocycles. The Hall–Kier alpha value is -1.50. The minimum absolute atomic E-state index is 0.0539. The smallest absolute Gasteiger partial charge is 0.270 e. The summed E-state index contributed by atoms with van der Waals surface area (Å²) in [6, 6.07) is 2.07. The summed E-state index contributed by atoms with van der Waals surface area (Å²) in [7, 11) is -3.00. The second-order valence-corrected chi connectivity index (χ2v) is 7.90. The molecule has 20 heavy (non-hydrogen) atoms. The molecule has 1 aromatic rings. The minimum Gasteiger partial charge on any atom is -0.397 e. The van der Waals surface area contributed by atoms with E-state index in [2.05, 4.69) is 0 Å². The number of rotatable bonds is 2. The van der Waals surface area contributed by atoms with Crippen LogP contribution in [-0.4, -0.2) is 48.4 Å². The maximum Gasteiger partial charge on any atom is 0.270 e. The van der Waals surface area contributed by atoms with Crippen molar-refractivity contribution in [1.82, 2.24) is 9.47 Å². The van der Waals surface area contributed by atoms with Gasteiger partial charge in [0.25, 0.3) is 5.91 Å². The van der Waals surface area contributed by atoms with Gasteiger partial charge in [0.2, 0.25) is 0 Å². The van der Waals surface area contributed by atoms with Gasteiger partial charge in [0.1, 0.15) is 5.69 Å². The summed E-state index contributed by atoms with van der Waals surface area (Å²) < 4.78 is 25.1. The molecule has 1 saturated heterocycles. The van der Waals surface area contributed by atoms with E-state index < -0.39 is 9.84 Å². The Morgan fingerprint density at radius 3 is 2.70 bits per heavy atom. The Bertz CT molecular complexity index is 631. The highest BCUT2D eigenvalue weighted by Crippen LogP contribution is 2.37. The van der Waals surface area contributed by atoms with Gasteiger partial charge in [0, 0.05) is 25.3 Å². The molecule has 1 aliphatic carbocycles. The van der Waals surface area contributed by atoms with Gasteiger partial charge in [-0.15, -0.1) is 0 Å². The summed E-state index contributed by atoms with van der Waals surface area (Å²) in [5, 5.41) is 0. The first-order valence-electron chi connectivity index (χ1n) is 6.93. The number of hydrogen-bond acceptors (Lipinski definition) is 4. The van der Waals surface area contributed by atoms with Crippen LogP contribution in [0, 0.1) is 0 Å². The molecule has 0 aromatic carbocycles. The van der Waals surface area contributed by atoms with Crippen molar-refractivity contribution in [3.8, 4) is 0 Å². The second kappa shape index (κ2) is 4.80. The molecule has 0 spiro atoms. The van der Waals surface area contributed by atoms with E-state index in [1.807, 2.05) is 4.57 Å². The monoisotopic (exact) mass is 297 g/mol. The van der Waals surface area contributed by atoms with E-state index in [4.69, 9.17) is 5.73 Å². The largest absolute Gasteiger partial charge is 0.397 e. The van der Waals surface area contributed by atoms with Gasteiger partial charge in [-0.2, -0.15) is 0 Å². The van der Waals surface area contributed by atoms with Gasteiger partial charge in [-0.1, -0.05) is 0 Å². The van der Waals surface area contributed by atoms with Crippen molar-refractivity contribution in [2.24, 2.45) is 0 Å². The highest BCUT2D eigenvalue weighted by molar-refractivity contribution is 7.91. The summed E-state index contributed by atoms with van der Waals surface area (Å²) >= 11 is 0. The van der Waals surface area contributed by atoms with Crippen LogP contribution in [0.2, 0.25) is 0 Å². The molecule has 6 nitrogen and oxygen atoms in total. The third-order valence-corrected chi connectivity index (χ3v) is 5.59. The topological polar surface area (TPSA) is 85.4 Å². The molecule has 0 radical (unpaired) electrons. The summed E-state index contributed by atoms with van der Waals surface area (Å²) in [6.07, 6.45) is 4.46. The van der Waals surface area contributed by atoms with Crippen LogP contribution in [-0.2, 0) is 9.84 Å². The minimum atomic E-state index is -3.00. The van der Waals surface area contributed by atoms with E-state index in [0.29, 0.717) is 30.4 Å². The lowest BCUT2D eigenvalue weighted by molar-refractivity contribution is 0.0757. The molecule has 1 aliphatic heterocycles. The van der Waals surface area contributed by atoms with Gasteiger partial charge in [0.15, 0.2) is 9.84 Å². The Labute approximate surface area is 118 Å². The molecule has 2 heterocycles. The molecule has 3 rings (SSSR count). The number of anilines is 1. The number of nitrogens with zero attached hydrogens (tertiary/aromatic N) is 2. The van der Waals surface area contributed by atoms with Gasteiger partial charge < -0.3 is 15.2 Å². The SMILES string of the molecule is Nc1cc(C(=O)N2CCCS(=O)(=O)CC2)n(C2CC2)c1. The number of carbonyl (C=O) groups excluding carboxylic acids is 1. The van der Waals surface area contributed by atoms with Crippen molar-refractivity contribution in [1.29, 1.82) is 0 Å². The van der Waals surface area contributed by atoms with Gasteiger partial charge in [-0.25, -0.2) is 8.42 Å². The van der Waals surface area contributed by atoms with Crippen LogP contribution in [0.5, 0.6) is 0 Å². The van der Waals surface area contributed by atoms with Crippen LogP contribution in [0.1, 0.15) is 35.8 Å². The standard InChI is InChI=1S/C13H19N3O3S/c14-10-8-12(16(9-10)11-2-3-11)13(17)15-4-1-6-20(18,19)7-5-15/h8-9,11H,1-7,14H2. The van der Waals surface area contributed by atoms with E-state index in [1.165, 1.54) is 0 Å². The third kappa shape index (κ3) is 2.67. The lowest BCUT2D eigenvalue weighted by Crippen LogP contribution is -2.34. The highest BCUT2D eigenvalue weighted by Gasteiger charge is 2.30. The maximum atomic E-state index is 12.6. The molecule has 0 unspecified atom stereocenters. The van der Waals surface area contributed by atoms with E-state index in [1.54, 1.807) is 17.2 Å². The molecule has 0 bridgehead atoms. The van der Waals surface area contributed by atoms with Gasteiger partial charge in [0.05, 0.1) is 17.2 Å². The number of amides is 1. The molecule has 2 N–H and O–H groups in total. The molecule has 110 valence electrons. The lowest BCUT2D eigenvalue weighted by atomic mass is 10.3. The number of nitrogens with two attached hydrogens (primary N) is 1. The van der Waals surface area contributed by atoms with Crippen molar-refractivity contribution >= 4 is 21.4 Å². The molecule has 1 amide bonds. The number of nitrogen functional groups attached to an aromatic ring is 1. The molecule has 0 atom stereocenters. The van der Waals surface area contributed by atoms with Gasteiger partial charge in [-0.05, 0) is 25.3 Å². The average Bonchev–Trinajstić information content (AvgIpc) is 3.17. The Kier molecular flexibility index (Phi) is 3.24. The number of aromatic nitrogens is 1. The van der Waals surface area contributed by atoms with Crippen molar-refractivity contribution in [3.63, 3.8) is 0 Å². The summed E-state index contributed by atoms with van der Waals surface area (Å²) in [5.74, 6) is 0.117. The molecular weight excluding hydrogens is 278 g/mol. The Morgan fingerprint density at radius 1 is 1.25 bits per heavy atom. The summed E-state index contributed by atoms with van der Waals surface area (Å²) in [5.41, 5.74) is 6.97. The van der Waals surface area contributed by atoms with Gasteiger partial charge >= 0.3 is 0 Å². The zero-order chi connectivity index (χ0) is 14.3. The first kappa shape index (κ1) is 13.5. The second-order valence-electron chi connectivity index (χ2n) is 5.59. The van der Waals surface area contributed by atoms with Crippen molar-refractivity contribution in [2.75, 3.05) is 30.3 Å². The van der Waals surface area contributed by atoms with Crippen LogP contribution in [0.3, 0.4) is 0 Å². The maximum absolute atomic E-state index is 12.6. The zero-order valence-corrected chi connectivity index (χ0v) is 12.1. The van der Waals surface area contributed by atoms with Crippen LogP contribution in [0.4, 0.5) is 5.69 Å². The first-order valence-corrected chi connectivity index (χ1v) is 8.75. The predicted octanol–water partition coefficient (Wildman–Crippen LogP) is 0.666. The van der Waals surface area contributed by atoms with Crippen LogP contribution in [0.25, 0.3) is 0 Å². The van der Waals surface area contributed by atoms with E-state index in [0.717, 1.165) is 12.8 Å². The van der Waals surface area contributed by atoms with Crippen molar-refractivity contribution in [3.05, 3.63) is 18.0 Å². The summed E-state index contributed by atoms with van der Waals surface area (Å²) in [6.45, 7) is 0.769. The fourth-order valence-corrected chi connectivity index (χ4v) is 3.90. The van der Waals surface area contributed by atoms with Crippen molar-refractivity contribution in [2.45, 2.75) is 25.3 Å². The van der Waals surface area contributed by atoms with Crippen molar-refractivity contribution < 1.29 is 13.2 Å². The molecule has 2 aliphatic rings. The Morgan fingerprint density at radius 2 is 2.00 bits per heavy atom. The number of hydrogen-bond donors (Lipinski definition) is 1. The van der Waals surface area contributed by atoms with Gasteiger partial charge in [-0.3, -0.25) is 4.79 Å². The predicted molar refractivity (Wildman–Crippen MR) is 76.3 cm³/mol. The van der Waals surface area contributed by atoms with Crippen LogP contribution in [0.15, 0.2) is 12.3 Å². The van der Waals surface area contributed by atoms with E-state index in [-0.39, 0.29) is 24.0 Å². The van der Waals surface area contributed by atoms with E-state index in [9.17, 15) is 13.2 Å². The molecular formula is C13H19N3O3S. The number of sulfone groups is 1. The Balaban J connectivity index is 1.82. The fourth-order valence-electron chi connectivity index (χ4n) is 2.63. The average molecular weight is 297 g/mol. The number of carbonyl (C=O) groups is 1. The molecule has 2 fully saturated rings. The normalized spacial score (nSPS) is 22.5. The summed E-state index contributed by atoms with van der Waals surface area (Å²) in [4.78, 5) is 14.2. The quantitative estimate of drug-likeness (QED) is 0.869. The molecule has 1 aromatic heterocycles. The van der Waals surface area contributed by atoms with Crippen LogP contribution >= 0.6 is 0 Å². The zero-order valence-electron chi connectivity index (χ0n) is 11.3. The van der Waals surface area contributed by atoms with Crippen LogP contribution < -0.4 is 5.73 Å². The molecule has 7 heteroatoms. The third-order valence-electron chi connectivity index (χ3n) is 3.87. The highest BCUT2D eigenvalue weighted by atomic mass is 32.2. The van der Waals surface area contributed by atoms with E-state index >= 15 is 0 Å².